The summed E-state index contributed by atoms with van der Waals surface area (Å²) in [5, 5.41) is 0. The van der Waals surface area contributed by atoms with Crippen molar-refractivity contribution in [3.05, 3.63) is 36.4 Å². The zero-order valence-corrected chi connectivity index (χ0v) is 10.8. The summed E-state index contributed by atoms with van der Waals surface area (Å²) in [6.45, 7) is 10.8. The number of hydrogen-bond acceptors (Lipinski definition) is 2. The van der Waals surface area contributed by atoms with Gasteiger partial charge in [-0.05, 0) is 31.1 Å². The van der Waals surface area contributed by atoms with E-state index in [-0.39, 0.29) is 0 Å². The minimum absolute atomic E-state index is 0.394. The third-order valence-electron chi connectivity index (χ3n) is 2.58. The van der Waals surface area contributed by atoms with Crippen LogP contribution in [0.15, 0.2) is 18.2 Å². The monoisotopic (exact) mass is 232 g/mol. The molecule has 17 heavy (non-hydrogen) atoms. The maximum atomic E-state index is 5.69. The van der Waals surface area contributed by atoms with Crippen molar-refractivity contribution >= 4 is 5.76 Å². The van der Waals surface area contributed by atoms with Gasteiger partial charge >= 0.3 is 0 Å². The highest BCUT2D eigenvalue weighted by Gasteiger charge is 2.04. The van der Waals surface area contributed by atoms with Crippen LogP contribution in [0, 0.1) is 18.6 Å². The van der Waals surface area contributed by atoms with E-state index in [4.69, 9.17) is 16.1 Å². The number of ether oxygens (including phenoxy) is 2. The van der Waals surface area contributed by atoms with Crippen molar-refractivity contribution in [3.8, 4) is 5.75 Å². The van der Waals surface area contributed by atoms with Gasteiger partial charge in [-0.2, -0.15) is 0 Å². The standard InChI is InChI=1S/C15H20O2/c1-5-7-12(2)11-17-15-9-6-8-14(10-15)13(3)16-4/h3,6,8,10,12H,5,7,11H2,1-2,4H3. The fourth-order valence-corrected chi connectivity index (χ4v) is 1.61. The Hall–Kier alpha value is -1.44. The Morgan fingerprint density at radius 2 is 2.29 bits per heavy atom. The van der Waals surface area contributed by atoms with Gasteiger partial charge in [0.1, 0.15) is 11.5 Å². The van der Waals surface area contributed by atoms with E-state index in [1.807, 2.05) is 12.1 Å². The molecule has 0 heterocycles. The second-order valence-electron chi connectivity index (χ2n) is 4.21. The van der Waals surface area contributed by atoms with Gasteiger partial charge < -0.3 is 9.47 Å². The predicted octanol–water partition coefficient (Wildman–Crippen LogP) is 3.72. The topological polar surface area (TPSA) is 18.5 Å². The maximum absolute atomic E-state index is 5.69. The van der Waals surface area contributed by atoms with Gasteiger partial charge in [0.05, 0.1) is 13.7 Å². The lowest BCUT2D eigenvalue weighted by Gasteiger charge is -2.12. The van der Waals surface area contributed by atoms with E-state index in [0.29, 0.717) is 24.0 Å². The van der Waals surface area contributed by atoms with Crippen molar-refractivity contribution in [2.45, 2.75) is 26.7 Å². The molecule has 2 radical (unpaired) electrons. The van der Waals surface area contributed by atoms with Gasteiger partial charge in [-0.3, -0.25) is 0 Å². The Morgan fingerprint density at radius 3 is 2.94 bits per heavy atom. The summed E-state index contributed by atoms with van der Waals surface area (Å²) in [4.78, 5) is 0. The lowest BCUT2D eigenvalue weighted by Crippen LogP contribution is -2.08. The molecule has 2 nitrogen and oxygen atoms in total. The van der Waals surface area contributed by atoms with Crippen molar-refractivity contribution < 1.29 is 9.47 Å². The van der Waals surface area contributed by atoms with Crippen LogP contribution in [-0.4, -0.2) is 13.7 Å². The van der Waals surface area contributed by atoms with Crippen molar-refractivity contribution in [2.24, 2.45) is 5.92 Å². The molecule has 1 atom stereocenters. The van der Waals surface area contributed by atoms with Crippen molar-refractivity contribution in [3.63, 3.8) is 0 Å². The molecule has 1 aromatic rings. The van der Waals surface area contributed by atoms with Crippen LogP contribution in [0.1, 0.15) is 32.3 Å². The number of rotatable bonds is 7. The van der Waals surface area contributed by atoms with Crippen LogP contribution in [0.3, 0.4) is 0 Å². The van der Waals surface area contributed by atoms with Crippen molar-refractivity contribution in [2.75, 3.05) is 13.7 Å². The molecule has 2 heteroatoms. The third kappa shape index (κ3) is 4.51. The van der Waals surface area contributed by atoms with E-state index in [1.165, 1.54) is 12.8 Å². The maximum Gasteiger partial charge on any atom is 0.127 e. The Bertz CT molecular complexity index is 358. The second-order valence-corrected chi connectivity index (χ2v) is 4.21. The van der Waals surface area contributed by atoms with Crippen LogP contribution >= 0.6 is 0 Å². The van der Waals surface area contributed by atoms with Gasteiger partial charge in [0.15, 0.2) is 0 Å². The number of benzene rings is 1. The minimum Gasteiger partial charge on any atom is -0.496 e. The number of methoxy groups -OCH3 is 1. The molecule has 0 bridgehead atoms. The van der Waals surface area contributed by atoms with Gasteiger partial charge in [-0.25, -0.2) is 0 Å². The summed E-state index contributed by atoms with van der Waals surface area (Å²) in [5.41, 5.74) is 0.824. The van der Waals surface area contributed by atoms with Crippen LogP contribution in [0.25, 0.3) is 5.76 Å². The molecular formula is C15H20O2. The fraction of sp³-hybridized carbons (Fsp3) is 0.467. The van der Waals surface area contributed by atoms with E-state index < -0.39 is 0 Å². The molecule has 0 amide bonds. The lowest BCUT2D eigenvalue weighted by atomic mass is 10.1. The molecule has 0 aliphatic heterocycles. The summed E-state index contributed by atoms with van der Waals surface area (Å²) in [5.74, 6) is 1.66. The molecule has 0 saturated carbocycles. The van der Waals surface area contributed by atoms with Gasteiger partial charge in [-0.1, -0.05) is 26.3 Å². The molecule has 0 aromatic heterocycles. The Balaban J connectivity index is 2.57. The van der Waals surface area contributed by atoms with E-state index in [0.717, 1.165) is 5.56 Å². The first-order valence-corrected chi connectivity index (χ1v) is 5.98. The molecule has 1 unspecified atom stereocenters. The minimum atomic E-state index is 0.394. The van der Waals surface area contributed by atoms with Crippen LogP contribution in [0.2, 0.25) is 0 Å². The number of hydrogen-bond donors (Lipinski definition) is 0. The molecule has 0 N–H and O–H groups in total. The summed E-state index contributed by atoms with van der Waals surface area (Å²) in [6, 6.07) is 8.52. The molecule has 1 rings (SSSR count). The highest BCUT2D eigenvalue weighted by atomic mass is 16.5. The van der Waals surface area contributed by atoms with E-state index >= 15 is 0 Å². The molecule has 0 fully saturated rings. The van der Waals surface area contributed by atoms with E-state index in [9.17, 15) is 0 Å². The van der Waals surface area contributed by atoms with Crippen LogP contribution in [0.5, 0.6) is 5.75 Å². The van der Waals surface area contributed by atoms with Crippen LogP contribution < -0.4 is 4.74 Å². The highest BCUT2D eigenvalue weighted by Crippen LogP contribution is 2.19. The molecular weight excluding hydrogens is 212 g/mol. The normalized spacial score (nSPS) is 11.9. The Kier molecular flexibility index (Phi) is 5.61. The molecule has 1 aromatic carbocycles. The zero-order chi connectivity index (χ0) is 12.7. The van der Waals surface area contributed by atoms with Crippen molar-refractivity contribution in [1.82, 2.24) is 0 Å². The third-order valence-corrected chi connectivity index (χ3v) is 2.58. The van der Waals surface area contributed by atoms with Crippen molar-refractivity contribution in [1.29, 1.82) is 0 Å². The fourth-order valence-electron chi connectivity index (χ4n) is 1.61. The van der Waals surface area contributed by atoms with Gasteiger partial charge in [0, 0.05) is 11.6 Å². The smallest absolute Gasteiger partial charge is 0.127 e. The molecule has 0 aliphatic rings. The molecule has 0 aliphatic carbocycles. The zero-order valence-electron chi connectivity index (χ0n) is 10.8. The van der Waals surface area contributed by atoms with Gasteiger partial charge in [0.25, 0.3) is 0 Å². The first-order chi connectivity index (χ1) is 8.17. The predicted molar refractivity (Wildman–Crippen MR) is 69.6 cm³/mol. The van der Waals surface area contributed by atoms with Crippen LogP contribution in [-0.2, 0) is 4.74 Å². The summed E-state index contributed by atoms with van der Waals surface area (Å²) < 4.78 is 10.7. The first-order valence-electron chi connectivity index (χ1n) is 5.98. The van der Waals surface area contributed by atoms with Crippen LogP contribution in [0.4, 0.5) is 0 Å². The second kappa shape index (κ2) is 7.00. The summed E-state index contributed by atoms with van der Waals surface area (Å²) in [7, 11) is 1.55. The molecule has 92 valence electrons. The first kappa shape index (κ1) is 13.6. The SMILES string of the molecule is [CH]=C(OC)c1cc[c]c(OCC(C)CCC)c1. The van der Waals surface area contributed by atoms with Gasteiger partial charge in [0.2, 0.25) is 0 Å². The summed E-state index contributed by atoms with van der Waals surface area (Å²) in [6.07, 6.45) is 2.35. The average Bonchev–Trinajstić information content (AvgIpc) is 2.36. The largest absolute Gasteiger partial charge is 0.496 e. The molecule has 0 saturated heterocycles. The van der Waals surface area contributed by atoms with E-state index in [1.54, 1.807) is 13.2 Å². The average molecular weight is 232 g/mol. The molecule has 0 spiro atoms. The Morgan fingerprint density at radius 1 is 1.53 bits per heavy atom. The summed E-state index contributed by atoms with van der Waals surface area (Å²) >= 11 is 0. The van der Waals surface area contributed by atoms with Gasteiger partial charge in [-0.15, -0.1) is 0 Å². The quantitative estimate of drug-likeness (QED) is 0.667. The lowest BCUT2D eigenvalue weighted by molar-refractivity contribution is 0.251. The Labute approximate surface area is 104 Å². The highest BCUT2D eigenvalue weighted by molar-refractivity contribution is 5.57. The van der Waals surface area contributed by atoms with E-state index in [2.05, 4.69) is 19.9 Å².